The van der Waals surface area contributed by atoms with Gasteiger partial charge in [-0.2, -0.15) is 0 Å². The van der Waals surface area contributed by atoms with E-state index in [1.54, 1.807) is 59.9 Å². The first-order valence-electron chi connectivity index (χ1n) is 30.3. The van der Waals surface area contributed by atoms with Gasteiger partial charge < -0.3 is 44.9 Å². The van der Waals surface area contributed by atoms with Crippen LogP contribution in [0.3, 0.4) is 0 Å². The minimum Gasteiger partial charge on any atom is -0.480 e. The zero-order valence-electron chi connectivity index (χ0n) is 50.4. The van der Waals surface area contributed by atoms with E-state index < -0.39 is 23.5 Å². The van der Waals surface area contributed by atoms with Crippen LogP contribution in [0, 0.1) is 51.8 Å². The van der Waals surface area contributed by atoms with Crippen LogP contribution >= 0.6 is 23.1 Å². The fourth-order valence-corrected chi connectivity index (χ4v) is 17.3. The summed E-state index contributed by atoms with van der Waals surface area (Å²) in [6.07, 6.45) is 12.3. The number of carboxylic acid groups (broad SMARTS) is 1. The SMILES string of the molecule is CC1=C(C)C(=O)C(C(C)(C)CC(=O)N(C)CCN(CCOCCOCCC(=O)NCCCNC(=O)CC[C@H](C)[C@@H]2CC[C@@H]3[C@@H]4[C@@H](CC[C@]32C)[C@]2(C)CCCC[C@@H]2C[C@@H]4O)C(=O)Oc2ccc3nc(C4=NC(C(=O)O)CS4)sc3c2)=C(C)C1=O. The lowest BCUT2D eigenvalue weighted by Crippen LogP contribution is -2.57. The Hall–Kier alpha value is -5.02. The minimum atomic E-state index is -0.995. The Morgan fingerprint density at radius 3 is 2.27 bits per heavy atom. The van der Waals surface area contributed by atoms with Crippen LogP contribution in [0.1, 0.15) is 150 Å². The lowest BCUT2D eigenvalue weighted by Gasteiger charge is -2.62. The van der Waals surface area contributed by atoms with Gasteiger partial charge in [-0.3, -0.25) is 29.0 Å². The molecule has 1 aliphatic heterocycles. The molecule has 1 unspecified atom stereocenters. The molecule has 0 radical (unpaired) electrons. The number of ketones is 2. The van der Waals surface area contributed by atoms with Crippen LogP contribution in [0.2, 0.25) is 0 Å². The number of rotatable bonds is 26. The van der Waals surface area contributed by atoms with Gasteiger partial charge >= 0.3 is 12.1 Å². The van der Waals surface area contributed by atoms with Gasteiger partial charge in [-0.25, -0.2) is 14.6 Å². The highest BCUT2D eigenvalue weighted by molar-refractivity contribution is 8.15. The Labute approximate surface area is 498 Å². The van der Waals surface area contributed by atoms with Crippen LogP contribution in [0.15, 0.2) is 45.5 Å². The first-order chi connectivity index (χ1) is 39.4. The number of carbonyl (C=O) groups is 7. The van der Waals surface area contributed by atoms with E-state index in [-0.39, 0.29) is 105 Å². The quantitative estimate of drug-likeness (QED) is 0.0507. The normalized spacial score (nSPS) is 27.4. The number of nitrogens with one attached hydrogen (secondary N) is 2. The smallest absolute Gasteiger partial charge is 0.415 e. The molecule has 1 aromatic heterocycles. The summed E-state index contributed by atoms with van der Waals surface area (Å²) in [7, 11) is 1.62. The van der Waals surface area contributed by atoms with Gasteiger partial charge in [0.15, 0.2) is 17.6 Å². The Morgan fingerprint density at radius 2 is 1.54 bits per heavy atom. The van der Waals surface area contributed by atoms with Crippen molar-refractivity contribution in [3.05, 3.63) is 45.5 Å². The molecule has 4 saturated carbocycles. The maximum Gasteiger partial charge on any atom is 0.415 e. The number of nitrogens with zero attached hydrogens (tertiary/aromatic N) is 4. The predicted molar refractivity (Wildman–Crippen MR) is 321 cm³/mol. The van der Waals surface area contributed by atoms with Crippen molar-refractivity contribution in [3.8, 4) is 5.75 Å². The largest absolute Gasteiger partial charge is 0.480 e. The standard InChI is InChI=1S/C63H90N6O12S2/c1-37(43-16-17-44-53-45(20-23-63(43,44)8)62(7)22-11-10-13-41(62)33-48(53)70)14-19-50(71)64-24-12-25-65-51(72)21-29-79-31-32-80-30-28-69(27-26-68(9)52(73)35-61(5,6)54-40(4)55(74)38(2)39(3)56(54)75)60(78)81-42-15-18-46-49(34-42)83-58(66-46)57-67-47(36-82-57)59(76)77/h15,18,34,37,41,43-45,47-48,53,70H,10-14,16-17,19-33,35-36H2,1-9H3,(H,64,71)(H,65,72)(H,76,77)/t37-,41+,43-,44+,45+,47?,48-,53+,62+,63-/m0/s1. The van der Waals surface area contributed by atoms with Crippen LogP contribution < -0.4 is 15.4 Å². The third-order valence-electron chi connectivity index (χ3n) is 20.1. The van der Waals surface area contributed by atoms with E-state index in [0.717, 1.165) is 12.8 Å². The van der Waals surface area contributed by atoms with Crippen molar-refractivity contribution in [2.75, 3.05) is 72.0 Å². The van der Waals surface area contributed by atoms with Crippen molar-refractivity contribution < 1.29 is 58.0 Å². The number of hydrogen-bond donors (Lipinski definition) is 4. The molecule has 4 amide bonds. The highest BCUT2D eigenvalue weighted by Gasteiger charge is 2.62. The highest BCUT2D eigenvalue weighted by Crippen LogP contribution is 2.68. The Bertz CT molecular complexity index is 2860. The molecule has 0 spiro atoms. The van der Waals surface area contributed by atoms with E-state index in [1.165, 1.54) is 84.3 Å². The summed E-state index contributed by atoms with van der Waals surface area (Å²) in [5, 5.41) is 28.1. The lowest BCUT2D eigenvalue weighted by atomic mass is 9.44. The maximum absolute atomic E-state index is 13.8. The number of aliphatic hydroxyl groups excluding tert-OH is 1. The van der Waals surface area contributed by atoms with Gasteiger partial charge in [0.2, 0.25) is 17.7 Å². The van der Waals surface area contributed by atoms with Crippen molar-refractivity contribution >= 4 is 79.7 Å². The van der Waals surface area contributed by atoms with E-state index in [1.807, 2.05) is 0 Å². The molecule has 6 aliphatic rings. The molecule has 2 aromatic rings. The zero-order valence-corrected chi connectivity index (χ0v) is 52.0. The van der Waals surface area contributed by atoms with Gasteiger partial charge in [0.1, 0.15) is 15.8 Å². The number of allylic oxidation sites excluding steroid dienone is 4. The van der Waals surface area contributed by atoms with Crippen LogP contribution in [-0.4, -0.2) is 155 Å². The third kappa shape index (κ3) is 14.6. The summed E-state index contributed by atoms with van der Waals surface area (Å²) in [4.78, 5) is 103. The molecule has 10 atom stereocenters. The van der Waals surface area contributed by atoms with Gasteiger partial charge in [-0.1, -0.05) is 47.5 Å². The van der Waals surface area contributed by atoms with Crippen molar-refractivity contribution in [2.24, 2.45) is 56.7 Å². The zero-order chi connectivity index (χ0) is 60.0. The number of hydrogen-bond acceptors (Lipinski definition) is 15. The van der Waals surface area contributed by atoms with Gasteiger partial charge in [0.05, 0.1) is 42.7 Å². The third-order valence-corrected chi connectivity index (χ3v) is 22.3. The van der Waals surface area contributed by atoms with Gasteiger partial charge in [-0.05, 0) is 137 Å². The summed E-state index contributed by atoms with van der Waals surface area (Å²) in [5.74, 6) is 2.05. The molecule has 83 heavy (non-hydrogen) atoms. The first-order valence-corrected chi connectivity index (χ1v) is 32.1. The number of aliphatic hydroxyl groups is 1. The number of thiazole rings is 1. The average Bonchev–Trinajstić information content (AvgIpc) is 4.30. The topological polar surface area (TPSA) is 243 Å². The summed E-state index contributed by atoms with van der Waals surface area (Å²) >= 11 is 2.64. The number of likely N-dealkylation sites (N-methyl/N-ethyl adjacent to an activating group) is 1. The molecule has 1 aromatic carbocycles. The summed E-state index contributed by atoms with van der Waals surface area (Å²) in [6, 6.07) is 4.18. The molecule has 20 heteroatoms. The summed E-state index contributed by atoms with van der Waals surface area (Å²) in [6.45, 7) is 17.7. The number of aromatic nitrogens is 1. The van der Waals surface area contributed by atoms with Crippen molar-refractivity contribution in [1.82, 2.24) is 25.4 Å². The summed E-state index contributed by atoms with van der Waals surface area (Å²) < 4.78 is 18.1. The van der Waals surface area contributed by atoms with Gasteiger partial charge in [0.25, 0.3) is 0 Å². The van der Waals surface area contributed by atoms with Crippen LogP contribution in [0.5, 0.6) is 5.75 Å². The Kier molecular flexibility index (Phi) is 21.2. The molecular formula is C63H90N6O12S2. The number of aliphatic carboxylic acids is 1. The van der Waals surface area contributed by atoms with E-state index in [2.05, 4.69) is 41.4 Å². The number of carboxylic acids is 1. The molecule has 8 rings (SSSR count). The fourth-order valence-electron chi connectivity index (χ4n) is 15.2. The maximum atomic E-state index is 13.8. The monoisotopic (exact) mass is 1190 g/mol. The molecule has 0 saturated heterocycles. The number of fused-ring (bicyclic) bond motifs is 6. The van der Waals surface area contributed by atoms with Crippen LogP contribution in [0.25, 0.3) is 10.2 Å². The van der Waals surface area contributed by atoms with Crippen molar-refractivity contribution in [1.29, 1.82) is 0 Å². The molecule has 18 nitrogen and oxygen atoms in total. The molecular weight excluding hydrogens is 1100 g/mol. The van der Waals surface area contributed by atoms with E-state index in [4.69, 9.17) is 14.2 Å². The number of Topliss-reactive ketones (excluding diaryl/α,β-unsaturated/α-hetero) is 2. The van der Waals surface area contributed by atoms with E-state index in [9.17, 15) is 43.8 Å². The molecule has 5 aliphatic carbocycles. The highest BCUT2D eigenvalue weighted by atomic mass is 32.2. The Morgan fingerprint density at radius 1 is 0.843 bits per heavy atom. The second-order valence-electron chi connectivity index (χ2n) is 25.7. The Balaban J connectivity index is 0.730. The molecule has 0 bridgehead atoms. The lowest BCUT2D eigenvalue weighted by molar-refractivity contribution is -0.164. The fraction of sp³-hybridized carbons (Fsp3) is 0.698. The minimum absolute atomic E-state index is 0.0476. The number of carbonyl (C=O) groups excluding carboxylic acids is 6. The van der Waals surface area contributed by atoms with Crippen LogP contribution in [0.4, 0.5) is 4.79 Å². The number of amides is 4. The number of ether oxygens (including phenoxy) is 3. The number of aliphatic imine (C=N–C) groups is 1. The van der Waals surface area contributed by atoms with Gasteiger partial charge in [0, 0.05) is 98.6 Å². The van der Waals surface area contributed by atoms with Crippen molar-refractivity contribution in [2.45, 2.75) is 157 Å². The van der Waals surface area contributed by atoms with E-state index >= 15 is 0 Å². The molecule has 4 fully saturated rings. The average molecular weight is 1190 g/mol. The number of thioether (sulfide) groups is 1. The summed E-state index contributed by atoms with van der Waals surface area (Å²) in [5.41, 5.74) is 1.74. The van der Waals surface area contributed by atoms with Gasteiger partial charge in [-0.15, -0.1) is 23.1 Å². The van der Waals surface area contributed by atoms with Crippen LogP contribution in [-0.2, 0) is 38.2 Å². The number of benzene rings is 1. The first kappa shape index (κ1) is 64.0. The van der Waals surface area contributed by atoms with Crippen molar-refractivity contribution in [3.63, 3.8) is 0 Å². The molecule has 2 heterocycles. The molecule has 456 valence electrons. The predicted octanol–water partition coefficient (Wildman–Crippen LogP) is 9.21. The molecule has 4 N–H and O–H groups in total. The second kappa shape index (κ2) is 27.6. The second-order valence-corrected chi connectivity index (χ2v) is 27.7. The van der Waals surface area contributed by atoms with E-state index in [0.29, 0.717) is 115 Å².